The molecule has 12 heteroatoms. The first-order valence-corrected chi connectivity index (χ1v) is 7.16. The van der Waals surface area contributed by atoms with E-state index in [0.29, 0.717) is 12.3 Å². The maximum atomic E-state index is 13.7. The lowest BCUT2D eigenvalue weighted by Gasteiger charge is -2.20. The summed E-state index contributed by atoms with van der Waals surface area (Å²) in [5.74, 6) is -5.00. The summed E-state index contributed by atoms with van der Waals surface area (Å²) in [6.07, 6.45) is -3.54. The summed E-state index contributed by atoms with van der Waals surface area (Å²) in [6.45, 7) is 1.03. The van der Waals surface area contributed by atoms with Crippen LogP contribution in [0.3, 0.4) is 0 Å². The van der Waals surface area contributed by atoms with Gasteiger partial charge >= 0.3 is 16.9 Å². The summed E-state index contributed by atoms with van der Waals surface area (Å²) < 4.78 is 91.9. The summed E-state index contributed by atoms with van der Waals surface area (Å²) in [7, 11) is 0. The van der Waals surface area contributed by atoms with Crippen LogP contribution in [0.4, 0.5) is 30.7 Å². The molecule has 0 saturated heterocycles. The molecule has 3 nitrogen and oxygen atoms in total. The molecule has 0 amide bonds. The molecule has 0 aliphatic carbocycles. The van der Waals surface area contributed by atoms with Crippen molar-refractivity contribution in [1.82, 2.24) is 14.5 Å². The van der Waals surface area contributed by atoms with Gasteiger partial charge in [-0.05, 0) is 28.9 Å². The molecule has 2 aromatic heterocycles. The average Bonchev–Trinajstić information content (AvgIpc) is 2.78. The van der Waals surface area contributed by atoms with Crippen molar-refractivity contribution < 1.29 is 30.7 Å². The molecule has 0 unspecified atom stereocenters. The van der Waals surface area contributed by atoms with Crippen molar-refractivity contribution in [2.75, 3.05) is 0 Å². The molecular formula is C12H6BrClF7N3. The van der Waals surface area contributed by atoms with Gasteiger partial charge in [0.1, 0.15) is 12.0 Å². The third-order valence-corrected chi connectivity index (χ3v) is 3.81. The van der Waals surface area contributed by atoms with E-state index < -0.39 is 38.9 Å². The van der Waals surface area contributed by atoms with E-state index in [2.05, 4.69) is 9.97 Å². The van der Waals surface area contributed by atoms with Crippen LogP contribution in [-0.4, -0.2) is 19.4 Å². The van der Waals surface area contributed by atoms with E-state index in [1.54, 1.807) is 15.9 Å². The van der Waals surface area contributed by atoms with Crippen LogP contribution in [0.15, 0.2) is 18.6 Å². The van der Waals surface area contributed by atoms with Crippen molar-refractivity contribution in [3.63, 3.8) is 0 Å². The molecule has 0 saturated carbocycles. The molecule has 0 fully saturated rings. The van der Waals surface area contributed by atoms with Crippen molar-refractivity contribution in [3.8, 4) is 5.82 Å². The number of imidazole rings is 1. The molecule has 0 aliphatic heterocycles. The van der Waals surface area contributed by atoms with Crippen molar-refractivity contribution in [2.45, 2.75) is 23.9 Å². The normalized spacial score (nSPS) is 13.4. The Hall–Kier alpha value is -1.36. The Labute approximate surface area is 143 Å². The second kappa shape index (κ2) is 5.87. The van der Waals surface area contributed by atoms with E-state index in [4.69, 9.17) is 11.6 Å². The minimum absolute atomic E-state index is 0.352. The fraction of sp³-hybridized carbons (Fsp3) is 0.333. The first kappa shape index (κ1) is 19.0. The van der Waals surface area contributed by atoms with Gasteiger partial charge in [0.25, 0.3) is 0 Å². The third kappa shape index (κ3) is 3.23. The van der Waals surface area contributed by atoms with E-state index in [-0.39, 0.29) is 5.82 Å². The lowest BCUT2D eigenvalue weighted by Crippen LogP contribution is -2.33. The van der Waals surface area contributed by atoms with Crippen LogP contribution in [-0.2, 0) is 12.1 Å². The summed E-state index contributed by atoms with van der Waals surface area (Å²) in [4.78, 5) is 2.12. The summed E-state index contributed by atoms with van der Waals surface area (Å²) >= 11 is 7.28. The first-order chi connectivity index (χ1) is 10.8. The highest BCUT2D eigenvalue weighted by Gasteiger charge is 2.58. The summed E-state index contributed by atoms with van der Waals surface area (Å²) in [5, 5.41) is -0.509. The van der Waals surface area contributed by atoms with E-state index in [1.807, 2.05) is 0 Å². The first-order valence-electron chi connectivity index (χ1n) is 5.99. The van der Waals surface area contributed by atoms with Gasteiger partial charge in [-0.25, -0.2) is 9.97 Å². The van der Waals surface area contributed by atoms with Gasteiger partial charge in [0.15, 0.2) is 5.82 Å². The molecule has 0 bridgehead atoms. The highest BCUT2D eigenvalue weighted by molar-refractivity contribution is 9.10. The number of hydrogen-bond acceptors (Lipinski definition) is 2. The predicted octanol–water partition coefficient (Wildman–Crippen LogP) is 5.33. The lowest BCUT2D eigenvalue weighted by molar-refractivity contribution is -0.156. The second-order valence-corrected chi connectivity index (χ2v) is 6.05. The van der Waals surface area contributed by atoms with Crippen molar-refractivity contribution in [1.29, 1.82) is 0 Å². The minimum Gasteiger partial charge on any atom is -0.286 e. The molecule has 132 valence electrons. The van der Waals surface area contributed by atoms with Gasteiger partial charge in [0.2, 0.25) is 0 Å². The third-order valence-electron chi connectivity index (χ3n) is 3.04. The Morgan fingerprint density at radius 1 is 1.08 bits per heavy atom. The average molecular weight is 441 g/mol. The van der Waals surface area contributed by atoms with Crippen LogP contribution >= 0.6 is 27.5 Å². The maximum Gasteiger partial charge on any atom is 0.417 e. The number of hydrogen-bond donors (Lipinski definition) is 0. The molecule has 0 atom stereocenters. The quantitative estimate of drug-likeness (QED) is 0.477. The molecule has 0 radical (unpaired) electrons. The van der Waals surface area contributed by atoms with Gasteiger partial charge < -0.3 is 0 Å². The van der Waals surface area contributed by atoms with Gasteiger partial charge in [0.05, 0.1) is 16.3 Å². The molecule has 24 heavy (non-hydrogen) atoms. The van der Waals surface area contributed by atoms with Crippen LogP contribution in [0, 0.1) is 6.92 Å². The fourth-order valence-electron chi connectivity index (χ4n) is 1.83. The zero-order chi connectivity index (χ0) is 18.5. The highest BCUT2D eigenvalue weighted by atomic mass is 79.9. The number of alkyl halides is 8. The summed E-state index contributed by atoms with van der Waals surface area (Å²) in [6, 6.07) is 0.542. The number of pyridine rings is 1. The van der Waals surface area contributed by atoms with E-state index in [0.717, 1.165) is 17.8 Å². The van der Waals surface area contributed by atoms with E-state index >= 15 is 0 Å². The Balaban J connectivity index is 2.54. The molecule has 0 spiro atoms. The number of aromatic nitrogens is 3. The van der Waals surface area contributed by atoms with Gasteiger partial charge in [-0.3, -0.25) is 4.57 Å². The van der Waals surface area contributed by atoms with Crippen LogP contribution < -0.4 is 0 Å². The molecule has 0 N–H and O–H groups in total. The topological polar surface area (TPSA) is 30.7 Å². The molecule has 2 aromatic rings. The molecular weight excluding hydrogens is 434 g/mol. The lowest BCUT2D eigenvalue weighted by atomic mass is 10.2. The Kier molecular flexibility index (Phi) is 4.64. The van der Waals surface area contributed by atoms with E-state index in [9.17, 15) is 30.7 Å². The number of halogens is 9. The zero-order valence-corrected chi connectivity index (χ0v) is 13.8. The standard InChI is InChI=1S/C12H6BrClF7N3/c1-5-8(10(15,16)12(13,20)21)23-4-24(5)9-7(14)2-6(3-22-9)11(17,18)19/h2-4H,1H3. The smallest absolute Gasteiger partial charge is 0.286 e. The Bertz CT molecular complexity index is 767. The molecule has 2 heterocycles. The van der Waals surface area contributed by atoms with Gasteiger partial charge in [-0.15, -0.1) is 0 Å². The maximum absolute atomic E-state index is 13.7. The minimum atomic E-state index is -4.70. The Morgan fingerprint density at radius 2 is 1.67 bits per heavy atom. The van der Waals surface area contributed by atoms with Crippen LogP contribution in [0.1, 0.15) is 17.0 Å². The van der Waals surface area contributed by atoms with Crippen LogP contribution in [0.5, 0.6) is 0 Å². The highest BCUT2D eigenvalue weighted by Crippen LogP contribution is 2.47. The molecule has 2 rings (SSSR count). The van der Waals surface area contributed by atoms with Gasteiger partial charge in [-0.1, -0.05) is 11.6 Å². The number of nitrogens with zero attached hydrogens (tertiary/aromatic N) is 3. The Morgan fingerprint density at radius 3 is 2.12 bits per heavy atom. The predicted molar refractivity (Wildman–Crippen MR) is 73.9 cm³/mol. The van der Waals surface area contributed by atoms with Crippen LogP contribution in [0.25, 0.3) is 5.82 Å². The fourth-order valence-corrected chi connectivity index (χ4v) is 2.27. The van der Waals surface area contributed by atoms with E-state index in [1.165, 1.54) is 0 Å². The van der Waals surface area contributed by atoms with Gasteiger partial charge in [-0.2, -0.15) is 30.7 Å². The number of rotatable bonds is 3. The molecule has 0 aromatic carbocycles. The molecule has 0 aliphatic rings. The SMILES string of the molecule is Cc1c(C(F)(F)C(F)(F)Br)ncn1-c1ncc(C(F)(F)F)cc1Cl. The van der Waals surface area contributed by atoms with Crippen LogP contribution in [0.2, 0.25) is 5.02 Å². The van der Waals surface area contributed by atoms with Crippen molar-refractivity contribution in [2.24, 2.45) is 0 Å². The van der Waals surface area contributed by atoms with Crippen molar-refractivity contribution >= 4 is 27.5 Å². The van der Waals surface area contributed by atoms with Gasteiger partial charge in [0, 0.05) is 6.20 Å². The largest absolute Gasteiger partial charge is 0.417 e. The van der Waals surface area contributed by atoms with Crippen molar-refractivity contribution in [3.05, 3.63) is 40.6 Å². The monoisotopic (exact) mass is 439 g/mol. The second-order valence-electron chi connectivity index (χ2n) is 4.65. The zero-order valence-electron chi connectivity index (χ0n) is 11.5. The summed E-state index contributed by atoms with van der Waals surface area (Å²) in [5.41, 5.74) is -2.86.